The molecule has 118 valence electrons. The summed E-state index contributed by atoms with van der Waals surface area (Å²) in [5.41, 5.74) is 6.40. The number of hydrogen-bond acceptors (Lipinski definition) is 5. The van der Waals surface area contributed by atoms with Gasteiger partial charge in [-0.2, -0.15) is 0 Å². The maximum Gasteiger partial charge on any atom is 0.305 e. The monoisotopic (exact) mass is 322 g/mol. The number of rotatable bonds is 6. The van der Waals surface area contributed by atoms with E-state index in [9.17, 15) is 13.2 Å². The number of benzene rings is 2. The quantitative estimate of drug-likeness (QED) is 0.479. The molecular weight excluding hydrogens is 304 g/mol. The summed E-state index contributed by atoms with van der Waals surface area (Å²) in [6, 6.07) is 10.2. The van der Waals surface area contributed by atoms with Crippen molar-refractivity contribution in [3.63, 3.8) is 0 Å². The van der Waals surface area contributed by atoms with Crippen LogP contribution in [0.5, 0.6) is 0 Å². The van der Waals surface area contributed by atoms with Crippen molar-refractivity contribution in [2.24, 2.45) is 0 Å². The Bertz CT molecular complexity index is 787. The van der Waals surface area contributed by atoms with Crippen LogP contribution in [0.4, 0.5) is 5.69 Å². The molecule has 0 saturated heterocycles. The normalized spacial score (nSPS) is 11.5. The van der Waals surface area contributed by atoms with Gasteiger partial charge in [-0.05, 0) is 30.0 Å². The number of hydrogen-bond donors (Lipinski definition) is 2. The predicted molar refractivity (Wildman–Crippen MR) is 84.8 cm³/mol. The fourth-order valence-electron chi connectivity index (χ4n) is 2.07. The van der Waals surface area contributed by atoms with E-state index in [0.29, 0.717) is 17.5 Å². The highest BCUT2D eigenvalue weighted by Crippen LogP contribution is 2.24. The lowest BCUT2D eigenvalue weighted by Crippen LogP contribution is -2.25. The van der Waals surface area contributed by atoms with Gasteiger partial charge in [-0.3, -0.25) is 4.79 Å². The maximum absolute atomic E-state index is 12.2. The Morgan fingerprint density at radius 3 is 2.77 bits per heavy atom. The van der Waals surface area contributed by atoms with Gasteiger partial charge in [-0.25, -0.2) is 13.1 Å². The van der Waals surface area contributed by atoms with Gasteiger partial charge in [0.1, 0.15) is 0 Å². The number of fused-ring (bicyclic) bond motifs is 1. The fraction of sp³-hybridized carbons (Fsp3) is 0.267. The summed E-state index contributed by atoms with van der Waals surface area (Å²) in [6.07, 6.45) is 0.547. The molecule has 2 aromatic carbocycles. The molecule has 2 rings (SSSR count). The van der Waals surface area contributed by atoms with Crippen LogP contribution < -0.4 is 10.5 Å². The molecule has 7 heteroatoms. The lowest BCUT2D eigenvalue weighted by Gasteiger charge is -2.08. The van der Waals surface area contributed by atoms with Gasteiger partial charge in [0.25, 0.3) is 0 Å². The summed E-state index contributed by atoms with van der Waals surface area (Å²) in [5, 5.41) is 1.57. The lowest BCUT2D eigenvalue weighted by molar-refractivity contribution is -0.140. The van der Waals surface area contributed by atoms with Crippen LogP contribution >= 0.6 is 0 Å². The van der Waals surface area contributed by atoms with Crippen LogP contribution in [0.2, 0.25) is 0 Å². The zero-order valence-electron chi connectivity index (χ0n) is 12.2. The highest BCUT2D eigenvalue weighted by molar-refractivity contribution is 7.89. The molecule has 0 aliphatic carbocycles. The molecule has 0 saturated carbocycles. The van der Waals surface area contributed by atoms with E-state index in [2.05, 4.69) is 9.46 Å². The minimum Gasteiger partial charge on any atom is -0.469 e. The second kappa shape index (κ2) is 6.76. The van der Waals surface area contributed by atoms with Crippen molar-refractivity contribution in [2.75, 3.05) is 19.4 Å². The molecular formula is C15H18N2O4S. The minimum atomic E-state index is -3.63. The second-order valence-electron chi connectivity index (χ2n) is 4.81. The topological polar surface area (TPSA) is 98.5 Å². The molecule has 0 aliphatic rings. The summed E-state index contributed by atoms with van der Waals surface area (Å²) in [7, 11) is -2.33. The van der Waals surface area contributed by atoms with Gasteiger partial charge in [-0.1, -0.05) is 18.2 Å². The average molecular weight is 322 g/mol. The predicted octanol–water partition coefficient (Wildman–Crippen LogP) is 1.65. The molecule has 2 aromatic rings. The summed E-state index contributed by atoms with van der Waals surface area (Å²) in [5.74, 6) is -0.363. The van der Waals surface area contributed by atoms with Crippen molar-refractivity contribution in [3.05, 3.63) is 36.4 Å². The van der Waals surface area contributed by atoms with Gasteiger partial charge in [0.05, 0.1) is 12.0 Å². The molecule has 0 aromatic heterocycles. The third-order valence-corrected chi connectivity index (χ3v) is 4.73. The number of nitrogens with one attached hydrogen (secondary N) is 1. The smallest absolute Gasteiger partial charge is 0.305 e. The minimum absolute atomic E-state index is 0.149. The first-order valence-electron chi connectivity index (χ1n) is 6.79. The Morgan fingerprint density at radius 2 is 2.05 bits per heavy atom. The van der Waals surface area contributed by atoms with Gasteiger partial charge in [0.2, 0.25) is 10.0 Å². The van der Waals surface area contributed by atoms with Gasteiger partial charge in [0.15, 0.2) is 0 Å². The van der Waals surface area contributed by atoms with Crippen LogP contribution in [0, 0.1) is 0 Å². The number of esters is 1. The van der Waals surface area contributed by atoms with Gasteiger partial charge in [0, 0.05) is 24.0 Å². The average Bonchev–Trinajstić information content (AvgIpc) is 2.51. The lowest BCUT2D eigenvalue weighted by atomic mass is 10.1. The molecule has 0 aliphatic heterocycles. The number of carbonyl (C=O) groups excluding carboxylic acids is 1. The van der Waals surface area contributed by atoms with Crippen LogP contribution in [0.1, 0.15) is 12.8 Å². The first kappa shape index (κ1) is 16.3. The highest BCUT2D eigenvalue weighted by Gasteiger charge is 2.14. The number of anilines is 1. The van der Waals surface area contributed by atoms with Crippen molar-refractivity contribution >= 4 is 32.5 Å². The molecule has 0 fully saturated rings. The van der Waals surface area contributed by atoms with Crippen LogP contribution in [0.25, 0.3) is 10.8 Å². The fourth-order valence-corrected chi connectivity index (χ4v) is 3.17. The number of nitrogen functional groups attached to an aromatic ring is 1. The number of ether oxygens (including phenoxy) is 1. The maximum atomic E-state index is 12.2. The Hall–Kier alpha value is -2.12. The summed E-state index contributed by atoms with van der Waals surface area (Å²) >= 11 is 0. The van der Waals surface area contributed by atoms with Crippen molar-refractivity contribution in [1.29, 1.82) is 0 Å². The van der Waals surface area contributed by atoms with Crippen LogP contribution in [0.15, 0.2) is 41.3 Å². The van der Waals surface area contributed by atoms with Gasteiger partial charge < -0.3 is 10.5 Å². The molecule has 0 spiro atoms. The molecule has 3 N–H and O–H groups in total. The van der Waals surface area contributed by atoms with Crippen molar-refractivity contribution in [1.82, 2.24) is 4.72 Å². The Balaban J connectivity index is 2.12. The van der Waals surface area contributed by atoms with Crippen molar-refractivity contribution in [3.8, 4) is 0 Å². The van der Waals surface area contributed by atoms with E-state index in [1.807, 2.05) is 12.1 Å². The number of nitrogens with two attached hydrogens (primary N) is 1. The summed E-state index contributed by atoms with van der Waals surface area (Å²) in [4.78, 5) is 11.1. The Kier molecular flexibility index (Phi) is 4.99. The molecule has 0 radical (unpaired) electrons. The molecule has 0 heterocycles. The largest absolute Gasteiger partial charge is 0.469 e. The standard InChI is InChI=1S/C15H18N2O4S/c1-21-15(18)6-3-9-17-22(19,20)12-8-7-11-4-2-5-14(16)13(11)10-12/h2,4-5,7-8,10,17H,3,6,9,16H2,1H3. The van der Waals surface area contributed by atoms with Gasteiger partial charge in [-0.15, -0.1) is 0 Å². The highest BCUT2D eigenvalue weighted by atomic mass is 32.2. The van der Waals surface area contributed by atoms with Crippen molar-refractivity contribution < 1.29 is 17.9 Å². The first-order chi connectivity index (χ1) is 10.4. The molecule has 0 unspecified atom stereocenters. The van der Waals surface area contributed by atoms with Crippen LogP contribution in [0.3, 0.4) is 0 Å². The number of sulfonamides is 1. The number of carbonyl (C=O) groups is 1. The molecule has 0 bridgehead atoms. The number of methoxy groups -OCH3 is 1. The molecule has 0 atom stereocenters. The second-order valence-corrected chi connectivity index (χ2v) is 6.57. The van der Waals surface area contributed by atoms with E-state index in [1.165, 1.54) is 13.2 Å². The molecule has 22 heavy (non-hydrogen) atoms. The van der Waals surface area contributed by atoms with E-state index in [-0.39, 0.29) is 23.8 Å². The Morgan fingerprint density at radius 1 is 1.27 bits per heavy atom. The van der Waals surface area contributed by atoms with E-state index in [4.69, 9.17) is 5.73 Å². The van der Waals surface area contributed by atoms with E-state index >= 15 is 0 Å². The zero-order valence-corrected chi connectivity index (χ0v) is 13.0. The SMILES string of the molecule is COC(=O)CCCNS(=O)(=O)c1ccc2cccc(N)c2c1. The summed E-state index contributed by atoms with van der Waals surface area (Å²) in [6.45, 7) is 0.166. The third-order valence-electron chi connectivity index (χ3n) is 3.28. The van der Waals surface area contributed by atoms with Crippen LogP contribution in [-0.4, -0.2) is 28.0 Å². The molecule has 0 amide bonds. The Labute approximate surface area is 129 Å². The first-order valence-corrected chi connectivity index (χ1v) is 8.27. The van der Waals surface area contributed by atoms with E-state index < -0.39 is 10.0 Å². The zero-order chi connectivity index (χ0) is 16.2. The van der Waals surface area contributed by atoms with Gasteiger partial charge >= 0.3 is 5.97 Å². The van der Waals surface area contributed by atoms with Crippen molar-refractivity contribution in [2.45, 2.75) is 17.7 Å². The van der Waals surface area contributed by atoms with Crippen LogP contribution in [-0.2, 0) is 19.6 Å². The molecule has 6 nitrogen and oxygen atoms in total. The van der Waals surface area contributed by atoms with E-state index in [0.717, 1.165) is 5.39 Å². The summed E-state index contributed by atoms with van der Waals surface area (Å²) < 4.78 is 31.4. The van der Waals surface area contributed by atoms with E-state index in [1.54, 1.807) is 18.2 Å². The third kappa shape index (κ3) is 3.75.